The van der Waals surface area contributed by atoms with Crippen molar-refractivity contribution in [1.82, 2.24) is 4.98 Å². The lowest BCUT2D eigenvalue weighted by molar-refractivity contribution is -0.676. The molecule has 0 aliphatic heterocycles. The van der Waals surface area contributed by atoms with E-state index < -0.39 is 0 Å². The first-order chi connectivity index (χ1) is 7.25. The Hall–Kier alpha value is -1.90. The fourth-order valence-electron chi connectivity index (χ4n) is 1.44. The second kappa shape index (κ2) is 4.09. The number of nitrogens with zero attached hydrogens (tertiary/aromatic N) is 2. The number of hydrogen-bond donors (Lipinski definition) is 1. The van der Waals surface area contributed by atoms with Crippen LogP contribution in [0.3, 0.4) is 0 Å². The summed E-state index contributed by atoms with van der Waals surface area (Å²) in [6.45, 7) is 2.84. The second-order valence-corrected chi connectivity index (χ2v) is 3.59. The van der Waals surface area contributed by atoms with Crippen molar-refractivity contribution in [1.29, 1.82) is 0 Å². The Morgan fingerprint density at radius 3 is 2.67 bits per heavy atom. The number of nitrogen functional groups attached to an aromatic ring is 1. The molecule has 15 heavy (non-hydrogen) atoms. The van der Waals surface area contributed by atoms with Crippen molar-refractivity contribution in [3.05, 3.63) is 53.9 Å². The summed E-state index contributed by atoms with van der Waals surface area (Å²) in [5, 5.41) is 0. The van der Waals surface area contributed by atoms with Gasteiger partial charge in [0.25, 0.3) is 0 Å². The summed E-state index contributed by atoms with van der Waals surface area (Å²) in [5.41, 5.74) is 8.24. The third-order valence-electron chi connectivity index (χ3n) is 2.33. The van der Waals surface area contributed by atoms with Gasteiger partial charge >= 0.3 is 5.95 Å². The van der Waals surface area contributed by atoms with Crippen LogP contribution in [-0.4, -0.2) is 4.98 Å². The molecule has 0 radical (unpaired) electrons. The van der Waals surface area contributed by atoms with Crippen LogP contribution >= 0.6 is 0 Å². The summed E-state index contributed by atoms with van der Waals surface area (Å²) in [6.07, 6.45) is 3.63. The van der Waals surface area contributed by atoms with Gasteiger partial charge in [0.15, 0.2) is 0 Å². The van der Waals surface area contributed by atoms with Crippen LogP contribution < -0.4 is 10.3 Å². The number of nitrogens with two attached hydrogens (primary N) is 1. The lowest BCUT2D eigenvalue weighted by Gasteiger charge is -2.02. The number of benzene rings is 1. The van der Waals surface area contributed by atoms with Gasteiger partial charge < -0.3 is 0 Å². The highest BCUT2D eigenvalue weighted by molar-refractivity contribution is 5.20. The normalized spacial score (nSPS) is 10.2. The Labute approximate surface area is 89.2 Å². The van der Waals surface area contributed by atoms with Crippen molar-refractivity contribution in [3.8, 4) is 0 Å². The fraction of sp³-hybridized carbons (Fsp3) is 0.167. The Kier molecular flexibility index (Phi) is 2.63. The van der Waals surface area contributed by atoms with Crippen LogP contribution in [-0.2, 0) is 6.54 Å². The molecule has 1 aromatic heterocycles. The first kappa shape index (κ1) is 9.65. The largest absolute Gasteiger partial charge is 0.389 e. The Balaban J connectivity index is 2.22. The molecule has 0 aliphatic rings. The van der Waals surface area contributed by atoms with E-state index in [2.05, 4.69) is 36.2 Å². The molecular formula is C12H14N3+. The summed E-state index contributed by atoms with van der Waals surface area (Å²) in [7, 11) is 0. The van der Waals surface area contributed by atoms with Crippen molar-refractivity contribution in [2.75, 3.05) is 5.73 Å². The molecule has 1 aromatic carbocycles. The van der Waals surface area contributed by atoms with Gasteiger partial charge in [-0.2, -0.15) is 0 Å². The molecule has 0 amide bonds. The summed E-state index contributed by atoms with van der Waals surface area (Å²) in [5.74, 6) is 0.540. The van der Waals surface area contributed by atoms with Gasteiger partial charge in [-0.1, -0.05) is 34.8 Å². The predicted molar refractivity (Wildman–Crippen MR) is 59.1 cm³/mol. The molecule has 3 nitrogen and oxygen atoms in total. The number of hydrogen-bond acceptors (Lipinski definition) is 2. The van der Waals surface area contributed by atoms with Crippen LogP contribution in [0.1, 0.15) is 11.1 Å². The third-order valence-corrected chi connectivity index (χ3v) is 2.33. The SMILES string of the molecule is Cc1ccc(C[n+]2cccnc2N)cc1. The summed E-state index contributed by atoms with van der Waals surface area (Å²) < 4.78 is 1.92. The Bertz CT molecular complexity index is 449. The zero-order chi connectivity index (χ0) is 10.7. The lowest BCUT2D eigenvalue weighted by Crippen LogP contribution is -2.38. The molecule has 0 unspecified atom stereocenters. The average molecular weight is 200 g/mol. The van der Waals surface area contributed by atoms with E-state index in [1.165, 1.54) is 11.1 Å². The molecule has 1 heterocycles. The molecule has 0 saturated carbocycles. The van der Waals surface area contributed by atoms with E-state index in [1.807, 2.05) is 16.8 Å². The molecule has 0 fully saturated rings. The molecule has 0 aliphatic carbocycles. The minimum Gasteiger partial charge on any atom is -0.287 e. The first-order valence-electron chi connectivity index (χ1n) is 4.91. The summed E-state index contributed by atoms with van der Waals surface area (Å²) in [4.78, 5) is 4.03. The minimum atomic E-state index is 0.540. The van der Waals surface area contributed by atoms with Crippen molar-refractivity contribution in [2.24, 2.45) is 0 Å². The van der Waals surface area contributed by atoms with Crippen LogP contribution in [0.2, 0.25) is 0 Å². The van der Waals surface area contributed by atoms with Gasteiger partial charge in [0, 0.05) is 6.07 Å². The molecule has 2 rings (SSSR count). The van der Waals surface area contributed by atoms with Gasteiger partial charge in [0.2, 0.25) is 0 Å². The zero-order valence-electron chi connectivity index (χ0n) is 8.72. The Morgan fingerprint density at radius 2 is 2.00 bits per heavy atom. The van der Waals surface area contributed by atoms with Crippen LogP contribution in [0.15, 0.2) is 42.7 Å². The van der Waals surface area contributed by atoms with Crippen LogP contribution in [0.25, 0.3) is 0 Å². The van der Waals surface area contributed by atoms with Crippen molar-refractivity contribution in [2.45, 2.75) is 13.5 Å². The van der Waals surface area contributed by atoms with E-state index in [0.717, 1.165) is 6.54 Å². The van der Waals surface area contributed by atoms with E-state index in [4.69, 9.17) is 5.73 Å². The van der Waals surface area contributed by atoms with Crippen LogP contribution in [0.4, 0.5) is 5.95 Å². The minimum absolute atomic E-state index is 0.540. The van der Waals surface area contributed by atoms with Gasteiger partial charge in [0.05, 0.1) is 12.7 Å². The Morgan fingerprint density at radius 1 is 1.27 bits per heavy atom. The number of rotatable bonds is 2. The van der Waals surface area contributed by atoms with Gasteiger partial charge in [-0.05, 0) is 12.5 Å². The van der Waals surface area contributed by atoms with E-state index >= 15 is 0 Å². The lowest BCUT2D eigenvalue weighted by atomic mass is 10.1. The predicted octanol–water partition coefficient (Wildman–Crippen LogP) is 1.31. The highest BCUT2D eigenvalue weighted by Crippen LogP contribution is 2.02. The van der Waals surface area contributed by atoms with Gasteiger partial charge in [-0.3, -0.25) is 5.73 Å². The first-order valence-corrected chi connectivity index (χ1v) is 4.91. The molecule has 2 aromatic rings. The zero-order valence-corrected chi connectivity index (χ0v) is 8.72. The summed E-state index contributed by atoms with van der Waals surface area (Å²) >= 11 is 0. The topological polar surface area (TPSA) is 42.8 Å². The molecule has 0 atom stereocenters. The van der Waals surface area contributed by atoms with E-state index in [0.29, 0.717) is 5.95 Å². The van der Waals surface area contributed by atoms with Crippen molar-refractivity contribution >= 4 is 5.95 Å². The maximum atomic E-state index is 5.75. The number of aryl methyl sites for hydroxylation is 1. The third kappa shape index (κ3) is 2.31. The fourth-order valence-corrected chi connectivity index (χ4v) is 1.44. The molecular weight excluding hydrogens is 186 g/mol. The second-order valence-electron chi connectivity index (χ2n) is 3.59. The highest BCUT2D eigenvalue weighted by Gasteiger charge is 2.04. The number of aromatic nitrogens is 2. The van der Waals surface area contributed by atoms with Crippen molar-refractivity contribution < 1.29 is 4.57 Å². The molecule has 3 heteroatoms. The monoisotopic (exact) mass is 200 g/mol. The molecule has 0 spiro atoms. The van der Waals surface area contributed by atoms with E-state index in [-0.39, 0.29) is 0 Å². The molecule has 76 valence electrons. The van der Waals surface area contributed by atoms with E-state index in [9.17, 15) is 0 Å². The quantitative estimate of drug-likeness (QED) is 0.743. The van der Waals surface area contributed by atoms with Gasteiger partial charge in [-0.15, -0.1) is 0 Å². The van der Waals surface area contributed by atoms with Crippen molar-refractivity contribution in [3.63, 3.8) is 0 Å². The standard InChI is InChI=1S/C12H13N3/c1-10-3-5-11(6-4-10)9-15-8-2-7-14-12(15)13/h2-8,13H,9H2,1H3/p+1. The average Bonchev–Trinajstić information content (AvgIpc) is 2.25. The maximum Gasteiger partial charge on any atom is 0.389 e. The molecule has 0 saturated heterocycles. The highest BCUT2D eigenvalue weighted by atomic mass is 15.1. The maximum absolute atomic E-state index is 5.75. The molecule has 0 bridgehead atoms. The smallest absolute Gasteiger partial charge is 0.287 e. The van der Waals surface area contributed by atoms with Crippen LogP contribution in [0, 0.1) is 6.92 Å². The summed E-state index contributed by atoms with van der Waals surface area (Å²) in [6, 6.07) is 10.3. The van der Waals surface area contributed by atoms with Gasteiger partial charge in [0.1, 0.15) is 6.20 Å². The molecule has 2 N–H and O–H groups in total. The van der Waals surface area contributed by atoms with Crippen LogP contribution in [0.5, 0.6) is 0 Å². The van der Waals surface area contributed by atoms with E-state index in [1.54, 1.807) is 6.20 Å². The number of anilines is 1. The van der Waals surface area contributed by atoms with Gasteiger partial charge in [-0.25, -0.2) is 4.57 Å².